The molecule has 1 aliphatic carbocycles. The highest BCUT2D eigenvalue weighted by atomic mass is 16.4. The van der Waals surface area contributed by atoms with Gasteiger partial charge in [-0.1, -0.05) is 104 Å². The Morgan fingerprint density at radius 2 is 1.26 bits per heavy atom. The van der Waals surface area contributed by atoms with Gasteiger partial charge in [0.25, 0.3) is 0 Å². The first-order valence-electron chi connectivity index (χ1n) is 18.7. The molecule has 1 fully saturated rings. The Bertz CT molecular complexity index is 2100. The van der Waals surface area contributed by atoms with Gasteiger partial charge in [-0.15, -0.1) is 0 Å². The van der Waals surface area contributed by atoms with Gasteiger partial charge < -0.3 is 31.4 Å². The highest BCUT2D eigenvalue weighted by Gasteiger charge is 2.39. The summed E-state index contributed by atoms with van der Waals surface area (Å²) in [7, 11) is 0. The fourth-order valence-electron chi connectivity index (χ4n) is 7.38. The van der Waals surface area contributed by atoms with Crippen LogP contribution in [0.25, 0.3) is 21.7 Å². The standard InChI is InChI=1S/C43H47N5O6/c49-39(50)26-38(43(54)44-22-20-28-10-2-1-3-11-28)48-41(52)35-16-7-6-15-34(35)40(51)47-37(25-32-27-46-36-17-9-8-14-33(32)36)42(53)45-23-21-29-18-19-30-12-4-5-13-31(30)24-29/h1-5,8-14,17-19,24,27,34-35,37-38,46H,6-7,15-16,20-23,25-26H2,(H,44,54)(H,45,53)(H,47,51)(H,48,52)(H,49,50)/t34-,35+,37+,38-/m1/s1. The number of aliphatic carboxylic acids is 1. The fraction of sp³-hybridized carbons (Fsp3) is 0.326. The zero-order valence-corrected chi connectivity index (χ0v) is 30.2. The Balaban J connectivity index is 1.12. The predicted molar refractivity (Wildman–Crippen MR) is 207 cm³/mol. The Hall–Kier alpha value is -5.97. The Morgan fingerprint density at radius 1 is 0.667 bits per heavy atom. The van der Waals surface area contributed by atoms with Gasteiger partial charge in [0.15, 0.2) is 0 Å². The minimum atomic E-state index is -1.31. The van der Waals surface area contributed by atoms with Crippen LogP contribution in [-0.2, 0) is 43.2 Å². The van der Waals surface area contributed by atoms with Crippen LogP contribution in [-0.4, -0.2) is 64.9 Å². The van der Waals surface area contributed by atoms with Crippen molar-refractivity contribution in [2.75, 3.05) is 13.1 Å². The molecule has 6 N–H and O–H groups in total. The Kier molecular flexibility index (Phi) is 12.7. The number of carboxylic acid groups (broad SMARTS) is 1. The highest BCUT2D eigenvalue weighted by Crippen LogP contribution is 2.31. The minimum Gasteiger partial charge on any atom is -0.481 e. The minimum absolute atomic E-state index is 0.227. The maximum absolute atomic E-state index is 14.1. The van der Waals surface area contributed by atoms with Crippen LogP contribution in [0.1, 0.15) is 48.8 Å². The summed E-state index contributed by atoms with van der Waals surface area (Å²) in [4.78, 5) is 69.7. The van der Waals surface area contributed by atoms with Crippen molar-refractivity contribution in [3.05, 3.63) is 120 Å². The topological polar surface area (TPSA) is 169 Å². The van der Waals surface area contributed by atoms with Crippen molar-refractivity contribution in [3.8, 4) is 0 Å². The first-order chi connectivity index (χ1) is 26.2. The van der Waals surface area contributed by atoms with Crippen LogP contribution in [0.15, 0.2) is 103 Å². The van der Waals surface area contributed by atoms with Crippen LogP contribution < -0.4 is 21.3 Å². The molecule has 54 heavy (non-hydrogen) atoms. The number of fused-ring (bicyclic) bond motifs is 2. The van der Waals surface area contributed by atoms with Crippen LogP contribution in [0.5, 0.6) is 0 Å². The van der Waals surface area contributed by atoms with Crippen molar-refractivity contribution in [1.82, 2.24) is 26.3 Å². The molecule has 0 spiro atoms. The van der Waals surface area contributed by atoms with E-state index in [-0.39, 0.29) is 18.9 Å². The molecule has 4 aromatic carbocycles. The molecule has 0 aliphatic heterocycles. The summed E-state index contributed by atoms with van der Waals surface area (Å²) in [6, 6.07) is 29.4. The van der Waals surface area contributed by atoms with Gasteiger partial charge in [0.2, 0.25) is 23.6 Å². The normalized spacial score (nSPS) is 16.6. The maximum atomic E-state index is 14.1. The van der Waals surface area contributed by atoms with E-state index < -0.39 is 54.0 Å². The number of aromatic nitrogens is 1. The summed E-state index contributed by atoms with van der Waals surface area (Å²) >= 11 is 0. The molecule has 5 aromatic rings. The number of amides is 4. The third-order valence-electron chi connectivity index (χ3n) is 10.3. The lowest BCUT2D eigenvalue weighted by Crippen LogP contribution is -2.54. The van der Waals surface area contributed by atoms with Crippen molar-refractivity contribution in [1.29, 1.82) is 0 Å². The van der Waals surface area contributed by atoms with Crippen molar-refractivity contribution in [2.24, 2.45) is 11.8 Å². The number of hydrogen-bond donors (Lipinski definition) is 6. The molecule has 11 heteroatoms. The van der Waals surface area contributed by atoms with Gasteiger partial charge in [-0.25, -0.2) is 0 Å². The van der Waals surface area contributed by atoms with Gasteiger partial charge in [0.1, 0.15) is 12.1 Å². The monoisotopic (exact) mass is 729 g/mol. The van der Waals surface area contributed by atoms with Gasteiger partial charge in [-0.2, -0.15) is 0 Å². The van der Waals surface area contributed by atoms with Crippen LogP contribution in [0.2, 0.25) is 0 Å². The van der Waals surface area contributed by atoms with E-state index in [9.17, 15) is 29.1 Å². The largest absolute Gasteiger partial charge is 0.481 e. The quantitative estimate of drug-likeness (QED) is 0.0850. The second kappa shape index (κ2) is 18.2. The highest BCUT2D eigenvalue weighted by molar-refractivity contribution is 5.95. The molecule has 1 saturated carbocycles. The molecular formula is C43H47N5O6. The van der Waals surface area contributed by atoms with E-state index in [1.54, 1.807) is 0 Å². The molecule has 6 rings (SSSR count). The molecule has 0 saturated heterocycles. The van der Waals surface area contributed by atoms with Gasteiger partial charge in [-0.3, -0.25) is 24.0 Å². The summed E-state index contributed by atoms with van der Waals surface area (Å²) in [6.45, 7) is 0.635. The number of nitrogens with one attached hydrogen (secondary N) is 5. The first kappa shape index (κ1) is 37.8. The molecule has 0 unspecified atom stereocenters. The van der Waals surface area contributed by atoms with Crippen LogP contribution >= 0.6 is 0 Å². The molecule has 4 atom stereocenters. The number of carboxylic acids is 1. The smallest absolute Gasteiger partial charge is 0.305 e. The van der Waals surface area contributed by atoms with Crippen molar-refractivity contribution < 1.29 is 29.1 Å². The molecule has 280 valence electrons. The van der Waals surface area contributed by atoms with E-state index in [0.717, 1.165) is 38.4 Å². The maximum Gasteiger partial charge on any atom is 0.305 e. The zero-order chi connectivity index (χ0) is 37.9. The van der Waals surface area contributed by atoms with Crippen LogP contribution in [0.3, 0.4) is 0 Å². The zero-order valence-electron chi connectivity index (χ0n) is 30.2. The lowest BCUT2D eigenvalue weighted by Gasteiger charge is -2.32. The van der Waals surface area contributed by atoms with E-state index in [2.05, 4.69) is 50.5 Å². The Morgan fingerprint density at radius 3 is 1.96 bits per heavy atom. The summed E-state index contributed by atoms with van der Waals surface area (Å²) < 4.78 is 0. The number of rotatable bonds is 16. The number of carbonyl (C=O) groups is 5. The predicted octanol–water partition coefficient (Wildman–Crippen LogP) is 4.83. The third-order valence-corrected chi connectivity index (χ3v) is 10.3. The second-order valence-electron chi connectivity index (χ2n) is 14.0. The molecule has 1 aliphatic rings. The van der Waals surface area contributed by atoms with E-state index in [4.69, 9.17) is 0 Å². The SMILES string of the molecule is O=C(O)C[C@@H](NC(=O)[C@H]1CCCC[C@H]1C(=O)N[C@@H](Cc1c[nH]c2ccccc12)C(=O)NCCc1ccc2ccccc2c1)C(=O)NCCc1ccccc1. The average molecular weight is 730 g/mol. The van der Waals surface area contributed by atoms with Crippen molar-refractivity contribution in [2.45, 2.75) is 63.5 Å². The number of H-pyrrole nitrogens is 1. The van der Waals surface area contributed by atoms with Gasteiger partial charge in [-0.05, 0) is 59.2 Å². The summed E-state index contributed by atoms with van der Waals surface area (Å²) in [5, 5.41) is 24.2. The van der Waals surface area contributed by atoms with Crippen LogP contribution in [0.4, 0.5) is 0 Å². The van der Waals surface area contributed by atoms with Gasteiger partial charge >= 0.3 is 5.97 Å². The summed E-state index contributed by atoms with van der Waals surface area (Å²) in [5.74, 6) is -4.70. The van der Waals surface area contributed by atoms with Crippen molar-refractivity contribution >= 4 is 51.3 Å². The average Bonchev–Trinajstić information content (AvgIpc) is 3.60. The number of aromatic amines is 1. The summed E-state index contributed by atoms with van der Waals surface area (Å²) in [5.41, 5.74) is 3.87. The number of benzene rings is 4. The lowest BCUT2D eigenvalue weighted by atomic mass is 9.77. The molecule has 1 aromatic heterocycles. The van der Waals surface area contributed by atoms with Gasteiger partial charge in [0.05, 0.1) is 6.42 Å². The van der Waals surface area contributed by atoms with E-state index in [0.29, 0.717) is 45.1 Å². The van der Waals surface area contributed by atoms with E-state index in [1.807, 2.05) is 79.0 Å². The van der Waals surface area contributed by atoms with E-state index in [1.165, 1.54) is 0 Å². The molecular weight excluding hydrogens is 683 g/mol. The molecule has 4 amide bonds. The molecule has 0 radical (unpaired) electrons. The van der Waals surface area contributed by atoms with Gasteiger partial charge in [0, 0.05) is 48.4 Å². The third kappa shape index (κ3) is 9.91. The fourth-order valence-corrected chi connectivity index (χ4v) is 7.38. The number of carbonyl (C=O) groups excluding carboxylic acids is 4. The molecule has 1 heterocycles. The molecule has 0 bridgehead atoms. The number of para-hydroxylation sites is 1. The lowest BCUT2D eigenvalue weighted by molar-refractivity contribution is -0.142. The van der Waals surface area contributed by atoms with Crippen LogP contribution in [0, 0.1) is 11.8 Å². The molecule has 11 nitrogen and oxygen atoms in total. The summed E-state index contributed by atoms with van der Waals surface area (Å²) in [6.07, 6.45) is 4.84. The van der Waals surface area contributed by atoms with E-state index >= 15 is 0 Å². The first-order valence-corrected chi connectivity index (χ1v) is 18.7. The Labute approximate surface area is 314 Å². The van der Waals surface area contributed by atoms with Crippen molar-refractivity contribution in [3.63, 3.8) is 0 Å². The second-order valence-corrected chi connectivity index (χ2v) is 14.0. The number of hydrogen-bond acceptors (Lipinski definition) is 5.